The normalized spacial score (nSPS) is 15.9. The van der Waals surface area contributed by atoms with Gasteiger partial charge in [0.1, 0.15) is 16.3 Å². The molecule has 1 aromatic heterocycles. The van der Waals surface area contributed by atoms with Crippen LogP contribution in [0.2, 0.25) is 0 Å². The molecular weight excluding hydrogens is 454 g/mol. The summed E-state index contributed by atoms with van der Waals surface area (Å²) in [4.78, 5) is 39.3. The van der Waals surface area contributed by atoms with Gasteiger partial charge in [0.15, 0.2) is 6.10 Å². The van der Waals surface area contributed by atoms with E-state index in [0.717, 1.165) is 40.5 Å². The summed E-state index contributed by atoms with van der Waals surface area (Å²) in [6, 6.07) is 10.3. The summed E-state index contributed by atoms with van der Waals surface area (Å²) in [5.41, 5.74) is 1.31. The maximum Gasteiger partial charge on any atom is 0.342 e. The van der Waals surface area contributed by atoms with Crippen LogP contribution in [0.1, 0.15) is 58.3 Å². The maximum atomic E-state index is 12.9. The lowest BCUT2D eigenvalue weighted by Crippen LogP contribution is -2.30. The lowest BCUT2D eigenvalue weighted by Gasteiger charge is -2.18. The van der Waals surface area contributed by atoms with Gasteiger partial charge in [0, 0.05) is 4.88 Å². The third-order valence-electron chi connectivity index (χ3n) is 5.96. The number of phenolic OH excluding ortho intramolecular Hbond substituents is 1. The van der Waals surface area contributed by atoms with Crippen LogP contribution in [0.15, 0.2) is 36.4 Å². The predicted octanol–water partition coefficient (Wildman–Crippen LogP) is 5.09. The first-order valence-electron chi connectivity index (χ1n) is 11.3. The van der Waals surface area contributed by atoms with Gasteiger partial charge in [-0.15, -0.1) is 11.3 Å². The average Bonchev–Trinajstić information content (AvgIpc) is 3.15. The van der Waals surface area contributed by atoms with Crippen molar-refractivity contribution in [2.45, 2.75) is 46.1 Å². The zero-order valence-corrected chi connectivity index (χ0v) is 20.2. The van der Waals surface area contributed by atoms with Crippen LogP contribution in [-0.4, -0.2) is 35.7 Å². The molecule has 34 heavy (non-hydrogen) atoms. The molecule has 0 spiro atoms. The van der Waals surface area contributed by atoms with Crippen LogP contribution in [-0.2, 0) is 27.1 Å². The Morgan fingerprint density at radius 3 is 2.59 bits per heavy atom. The van der Waals surface area contributed by atoms with Gasteiger partial charge in [-0.2, -0.15) is 0 Å². The summed E-state index contributed by atoms with van der Waals surface area (Å²) < 4.78 is 10.6. The molecule has 1 amide bonds. The molecule has 7 nitrogen and oxygen atoms in total. The van der Waals surface area contributed by atoms with Gasteiger partial charge in [-0.3, -0.25) is 4.79 Å². The summed E-state index contributed by atoms with van der Waals surface area (Å²) in [6.07, 6.45) is 1.41. The third kappa shape index (κ3) is 4.77. The zero-order chi connectivity index (χ0) is 24.4. The Morgan fingerprint density at radius 1 is 1.18 bits per heavy atom. The lowest BCUT2D eigenvalue weighted by molar-refractivity contribution is -0.123. The monoisotopic (exact) mass is 481 g/mol. The number of ether oxygens (including phenoxy) is 2. The Kier molecular flexibility index (Phi) is 6.88. The van der Waals surface area contributed by atoms with Crippen molar-refractivity contribution < 1.29 is 29.0 Å². The summed E-state index contributed by atoms with van der Waals surface area (Å²) in [5, 5.41) is 15.0. The molecule has 1 heterocycles. The fraction of sp³-hybridized carbons (Fsp3) is 0.346. The minimum absolute atomic E-state index is 0.0221. The van der Waals surface area contributed by atoms with E-state index < -0.39 is 23.9 Å². The minimum atomic E-state index is -1.15. The molecule has 4 rings (SSSR count). The number of amides is 1. The fourth-order valence-corrected chi connectivity index (χ4v) is 5.54. The highest BCUT2D eigenvalue weighted by atomic mass is 32.1. The number of carbonyl (C=O) groups is 3. The van der Waals surface area contributed by atoms with Crippen molar-refractivity contribution in [2.24, 2.45) is 5.92 Å². The van der Waals surface area contributed by atoms with Crippen molar-refractivity contribution in [1.29, 1.82) is 0 Å². The van der Waals surface area contributed by atoms with Crippen LogP contribution in [0, 0.1) is 5.92 Å². The van der Waals surface area contributed by atoms with E-state index in [9.17, 15) is 19.5 Å². The van der Waals surface area contributed by atoms with E-state index in [0.29, 0.717) is 16.5 Å². The van der Waals surface area contributed by atoms with E-state index in [1.54, 1.807) is 6.92 Å². The van der Waals surface area contributed by atoms with Gasteiger partial charge in [0.2, 0.25) is 0 Å². The Hall–Kier alpha value is -3.39. The molecule has 8 heteroatoms. The molecule has 2 atom stereocenters. The van der Waals surface area contributed by atoms with Crippen molar-refractivity contribution in [3.63, 3.8) is 0 Å². The number of hydrogen-bond acceptors (Lipinski definition) is 7. The van der Waals surface area contributed by atoms with Crippen molar-refractivity contribution in [3.05, 3.63) is 58.0 Å². The second-order valence-corrected chi connectivity index (χ2v) is 9.63. The quantitative estimate of drug-likeness (QED) is 0.476. The first kappa shape index (κ1) is 23.8. The van der Waals surface area contributed by atoms with Gasteiger partial charge in [-0.1, -0.05) is 31.2 Å². The van der Waals surface area contributed by atoms with Crippen molar-refractivity contribution in [2.75, 3.05) is 11.9 Å². The lowest BCUT2D eigenvalue weighted by atomic mass is 9.88. The van der Waals surface area contributed by atoms with Crippen LogP contribution in [0.4, 0.5) is 5.00 Å². The summed E-state index contributed by atoms with van der Waals surface area (Å²) in [6.45, 7) is 5.58. The van der Waals surface area contributed by atoms with E-state index in [1.165, 1.54) is 30.4 Å². The topological polar surface area (TPSA) is 102 Å². The number of rotatable bonds is 6. The summed E-state index contributed by atoms with van der Waals surface area (Å²) in [5.74, 6) is -1.56. The number of carbonyl (C=O) groups excluding carboxylic acids is 3. The van der Waals surface area contributed by atoms with Gasteiger partial charge in [0.05, 0.1) is 12.2 Å². The van der Waals surface area contributed by atoms with E-state index in [4.69, 9.17) is 9.47 Å². The average molecular weight is 482 g/mol. The highest BCUT2D eigenvalue weighted by molar-refractivity contribution is 7.17. The summed E-state index contributed by atoms with van der Waals surface area (Å²) in [7, 11) is 0. The van der Waals surface area contributed by atoms with E-state index in [2.05, 4.69) is 12.2 Å². The number of benzene rings is 2. The standard InChI is InChI=1S/C26H27NO6S/c1-4-32-26(31)22-18-10-9-14(2)11-21(18)34-24(22)27-23(29)15(3)33-25(30)19-12-16-7-5-6-8-17(16)13-20(19)28/h5-8,12-15,28H,4,9-11H2,1-3H3,(H,27,29). The largest absolute Gasteiger partial charge is 0.507 e. The predicted molar refractivity (Wildman–Crippen MR) is 131 cm³/mol. The number of anilines is 1. The number of fused-ring (bicyclic) bond motifs is 2. The van der Waals surface area contributed by atoms with Crippen LogP contribution >= 0.6 is 11.3 Å². The molecule has 1 aliphatic rings. The molecule has 0 bridgehead atoms. The Labute approximate surface area is 201 Å². The Balaban J connectivity index is 1.52. The maximum absolute atomic E-state index is 12.9. The zero-order valence-electron chi connectivity index (χ0n) is 19.3. The highest BCUT2D eigenvalue weighted by Gasteiger charge is 2.30. The number of esters is 2. The van der Waals surface area contributed by atoms with Crippen LogP contribution < -0.4 is 5.32 Å². The Morgan fingerprint density at radius 2 is 1.88 bits per heavy atom. The first-order chi connectivity index (χ1) is 16.3. The van der Waals surface area contributed by atoms with E-state index in [-0.39, 0.29) is 17.9 Å². The summed E-state index contributed by atoms with van der Waals surface area (Å²) >= 11 is 1.37. The number of aromatic hydroxyl groups is 1. The molecule has 178 valence electrons. The molecule has 2 unspecified atom stereocenters. The molecule has 0 aliphatic heterocycles. The van der Waals surface area contributed by atoms with Gasteiger partial charge < -0.3 is 19.9 Å². The van der Waals surface area contributed by atoms with Crippen molar-refractivity contribution in [3.8, 4) is 5.75 Å². The SMILES string of the molecule is CCOC(=O)c1c(NC(=O)C(C)OC(=O)c2cc3ccccc3cc2O)sc2c1CCC(C)C2. The van der Waals surface area contributed by atoms with E-state index >= 15 is 0 Å². The van der Waals surface area contributed by atoms with Gasteiger partial charge in [-0.25, -0.2) is 9.59 Å². The first-order valence-corrected chi connectivity index (χ1v) is 12.1. The van der Waals surface area contributed by atoms with Crippen molar-refractivity contribution >= 4 is 45.0 Å². The number of hydrogen-bond donors (Lipinski definition) is 2. The minimum Gasteiger partial charge on any atom is -0.507 e. The molecule has 2 N–H and O–H groups in total. The van der Waals surface area contributed by atoms with Crippen LogP contribution in [0.5, 0.6) is 5.75 Å². The second-order valence-electron chi connectivity index (χ2n) is 8.53. The van der Waals surface area contributed by atoms with Crippen LogP contribution in [0.25, 0.3) is 10.8 Å². The number of phenols is 1. The second kappa shape index (κ2) is 9.85. The van der Waals surface area contributed by atoms with Crippen LogP contribution in [0.3, 0.4) is 0 Å². The van der Waals surface area contributed by atoms with Gasteiger partial charge in [0.25, 0.3) is 5.91 Å². The smallest absolute Gasteiger partial charge is 0.342 e. The third-order valence-corrected chi connectivity index (χ3v) is 7.13. The molecule has 3 aromatic rings. The van der Waals surface area contributed by atoms with Gasteiger partial charge >= 0.3 is 11.9 Å². The van der Waals surface area contributed by atoms with E-state index in [1.807, 2.05) is 24.3 Å². The molecular formula is C26H27NO6S. The molecule has 0 saturated heterocycles. The molecule has 0 radical (unpaired) electrons. The highest BCUT2D eigenvalue weighted by Crippen LogP contribution is 2.40. The molecule has 1 aliphatic carbocycles. The number of thiophene rings is 1. The molecule has 0 fully saturated rings. The molecule has 2 aromatic carbocycles. The van der Waals surface area contributed by atoms with Gasteiger partial charge in [-0.05, 0) is 67.5 Å². The fourth-order valence-electron chi connectivity index (χ4n) is 4.14. The molecule has 0 saturated carbocycles. The Bertz CT molecular complexity index is 1260. The van der Waals surface area contributed by atoms with Crippen molar-refractivity contribution in [1.82, 2.24) is 0 Å². The number of nitrogens with one attached hydrogen (secondary N) is 1.